The zero-order valence-electron chi connectivity index (χ0n) is 22.5. The second-order valence-corrected chi connectivity index (χ2v) is 9.45. The molecule has 2 fully saturated rings. The highest BCUT2D eigenvalue weighted by Crippen LogP contribution is 2.23. The summed E-state index contributed by atoms with van der Waals surface area (Å²) in [6.45, 7) is 5.47. The molecule has 212 valence electrons. The molecule has 4 rings (SSSR count). The third-order valence-corrected chi connectivity index (χ3v) is 6.66. The Morgan fingerprint density at radius 2 is 1.80 bits per heavy atom. The Labute approximate surface area is 232 Å². The number of aliphatic imine (C=N–C) groups is 1. The van der Waals surface area contributed by atoms with E-state index in [1.807, 2.05) is 35.2 Å². The van der Waals surface area contributed by atoms with Crippen molar-refractivity contribution in [3.8, 4) is 0 Å². The number of esters is 1. The molecule has 12 heteroatoms. The quantitative estimate of drug-likeness (QED) is 0.214. The van der Waals surface area contributed by atoms with Gasteiger partial charge in [0.1, 0.15) is 24.6 Å². The average molecular weight is 552 g/mol. The first-order valence-corrected chi connectivity index (χ1v) is 13.1. The van der Waals surface area contributed by atoms with E-state index in [0.717, 1.165) is 5.56 Å². The molecule has 0 aliphatic carbocycles. The van der Waals surface area contributed by atoms with Crippen molar-refractivity contribution in [1.29, 1.82) is 0 Å². The highest BCUT2D eigenvalue weighted by Gasteiger charge is 2.37. The maximum atomic E-state index is 12.6. The van der Waals surface area contributed by atoms with Crippen molar-refractivity contribution in [2.24, 2.45) is 10.7 Å². The number of carbonyl (C=O) groups is 4. The number of cyclic esters (lactones) is 1. The number of anilines is 1. The lowest BCUT2D eigenvalue weighted by atomic mass is 10.1. The van der Waals surface area contributed by atoms with Crippen molar-refractivity contribution in [2.45, 2.75) is 32.6 Å². The maximum Gasteiger partial charge on any atom is 0.435 e. The minimum atomic E-state index is -0.800. The van der Waals surface area contributed by atoms with Gasteiger partial charge in [0.2, 0.25) is 5.91 Å². The largest absolute Gasteiger partial charge is 0.464 e. The molecule has 0 bridgehead atoms. The summed E-state index contributed by atoms with van der Waals surface area (Å²) in [5.41, 5.74) is 7.91. The van der Waals surface area contributed by atoms with Crippen molar-refractivity contribution in [1.82, 2.24) is 9.80 Å². The molecule has 2 aliphatic heterocycles. The van der Waals surface area contributed by atoms with Crippen LogP contribution in [0.2, 0.25) is 0 Å². The van der Waals surface area contributed by atoms with Crippen LogP contribution in [0.5, 0.6) is 0 Å². The number of amidine groups is 1. The molecule has 0 aromatic heterocycles. The second-order valence-electron chi connectivity index (χ2n) is 9.45. The molecule has 2 aromatic carbocycles. The van der Waals surface area contributed by atoms with Crippen LogP contribution in [0.4, 0.5) is 15.3 Å². The van der Waals surface area contributed by atoms with Gasteiger partial charge in [-0.05, 0) is 43.7 Å². The third kappa shape index (κ3) is 7.14. The monoisotopic (exact) mass is 551 g/mol. The Hall–Kier alpha value is -4.45. The Balaban J connectivity index is 1.28. The molecule has 0 radical (unpaired) electrons. The lowest BCUT2D eigenvalue weighted by molar-refractivity contribution is -0.156. The van der Waals surface area contributed by atoms with Gasteiger partial charge in [0.15, 0.2) is 0 Å². The molecule has 2 heterocycles. The van der Waals surface area contributed by atoms with Crippen LogP contribution >= 0.6 is 0 Å². The zero-order chi connectivity index (χ0) is 28.6. The van der Waals surface area contributed by atoms with Gasteiger partial charge in [-0.1, -0.05) is 30.3 Å². The molecule has 40 heavy (non-hydrogen) atoms. The second kappa shape index (κ2) is 13.1. The van der Waals surface area contributed by atoms with Crippen LogP contribution < -0.4 is 10.6 Å². The standard InChI is InChI=1S/C28H33N5O7/c1-3-38-26(35)19(2)32-14-13-31(17-24(32)34)15-23-16-33(28(37)40-23)22-11-9-21(10-12-22)25(29)30-27(36)39-18-20-7-5-4-6-8-20/h4-12,19,23H,3,13-18H2,1-2H3,(H2,29,30,36). The first kappa shape index (κ1) is 28.6. The molecule has 2 aromatic rings. The van der Waals surface area contributed by atoms with Gasteiger partial charge in [-0.15, -0.1) is 0 Å². The number of ether oxygens (including phenoxy) is 3. The highest BCUT2D eigenvalue weighted by molar-refractivity contribution is 6.03. The molecule has 2 N–H and O–H groups in total. The predicted molar refractivity (Wildman–Crippen MR) is 146 cm³/mol. The fourth-order valence-corrected chi connectivity index (χ4v) is 4.53. The molecule has 12 nitrogen and oxygen atoms in total. The van der Waals surface area contributed by atoms with Crippen molar-refractivity contribution in [3.05, 3.63) is 65.7 Å². The van der Waals surface area contributed by atoms with E-state index in [-0.39, 0.29) is 31.5 Å². The van der Waals surface area contributed by atoms with Crippen LogP contribution in [0.1, 0.15) is 25.0 Å². The average Bonchev–Trinajstić information content (AvgIpc) is 3.32. The predicted octanol–water partition coefficient (Wildman–Crippen LogP) is 2.15. The van der Waals surface area contributed by atoms with Gasteiger partial charge < -0.3 is 24.8 Å². The van der Waals surface area contributed by atoms with Gasteiger partial charge in [0, 0.05) is 30.9 Å². The van der Waals surface area contributed by atoms with Crippen molar-refractivity contribution >= 4 is 35.6 Å². The fraction of sp³-hybridized carbons (Fsp3) is 0.393. The number of hydrogen-bond donors (Lipinski definition) is 1. The van der Waals surface area contributed by atoms with Crippen LogP contribution in [-0.2, 0) is 30.4 Å². The maximum absolute atomic E-state index is 12.6. The minimum absolute atomic E-state index is 0.00688. The summed E-state index contributed by atoms with van der Waals surface area (Å²) in [6.07, 6.45) is -1.73. The molecule has 2 unspecified atom stereocenters. The van der Waals surface area contributed by atoms with Crippen molar-refractivity contribution < 1.29 is 33.4 Å². The number of nitrogens with zero attached hydrogens (tertiary/aromatic N) is 4. The third-order valence-electron chi connectivity index (χ3n) is 6.66. The van der Waals surface area contributed by atoms with E-state index >= 15 is 0 Å². The summed E-state index contributed by atoms with van der Waals surface area (Å²) in [5, 5.41) is 0. The Morgan fingerprint density at radius 1 is 1.07 bits per heavy atom. The van der Waals surface area contributed by atoms with Crippen molar-refractivity contribution in [2.75, 3.05) is 44.2 Å². The SMILES string of the molecule is CCOC(=O)C(C)N1CCN(CC2CN(c3ccc(C(N)=NC(=O)OCc4ccccc4)cc3)C(=O)O2)CC1=O. The van der Waals surface area contributed by atoms with Crippen LogP contribution in [0.3, 0.4) is 0 Å². The Kier molecular flexibility index (Phi) is 9.33. The normalized spacial score (nSPS) is 18.9. The number of hydrogen-bond acceptors (Lipinski definition) is 8. The van der Waals surface area contributed by atoms with Gasteiger partial charge >= 0.3 is 18.2 Å². The molecule has 2 saturated heterocycles. The van der Waals surface area contributed by atoms with Gasteiger partial charge in [-0.25, -0.2) is 14.4 Å². The first-order chi connectivity index (χ1) is 19.2. The van der Waals surface area contributed by atoms with Crippen LogP contribution in [0.25, 0.3) is 0 Å². The summed E-state index contributed by atoms with van der Waals surface area (Å²) >= 11 is 0. The smallest absolute Gasteiger partial charge is 0.435 e. The van der Waals surface area contributed by atoms with Gasteiger partial charge in [0.25, 0.3) is 0 Å². The molecule has 0 saturated carbocycles. The zero-order valence-corrected chi connectivity index (χ0v) is 22.5. The van der Waals surface area contributed by atoms with Gasteiger partial charge in [-0.3, -0.25) is 14.6 Å². The lowest BCUT2D eigenvalue weighted by Gasteiger charge is -2.37. The Morgan fingerprint density at radius 3 is 2.48 bits per heavy atom. The summed E-state index contributed by atoms with van der Waals surface area (Å²) in [5.74, 6) is -0.606. The van der Waals surface area contributed by atoms with E-state index in [0.29, 0.717) is 37.4 Å². The number of benzene rings is 2. The van der Waals surface area contributed by atoms with Crippen molar-refractivity contribution in [3.63, 3.8) is 0 Å². The van der Waals surface area contributed by atoms with Gasteiger partial charge in [-0.2, -0.15) is 4.99 Å². The number of amides is 3. The summed E-state index contributed by atoms with van der Waals surface area (Å²) in [6, 6.07) is 15.3. The molecule has 3 amide bonds. The van der Waals surface area contributed by atoms with Crippen LogP contribution in [0.15, 0.2) is 59.6 Å². The van der Waals surface area contributed by atoms with E-state index < -0.39 is 30.3 Å². The lowest BCUT2D eigenvalue weighted by Crippen LogP contribution is -2.56. The van der Waals surface area contributed by atoms with E-state index in [4.69, 9.17) is 19.9 Å². The van der Waals surface area contributed by atoms with Crippen LogP contribution in [0, 0.1) is 0 Å². The highest BCUT2D eigenvalue weighted by atomic mass is 16.6. The molecule has 2 atom stereocenters. The number of carbonyl (C=O) groups excluding carboxylic acids is 4. The minimum Gasteiger partial charge on any atom is -0.464 e. The molecular formula is C28H33N5O7. The van der Waals surface area contributed by atoms with E-state index in [9.17, 15) is 19.2 Å². The van der Waals surface area contributed by atoms with E-state index in [1.54, 1.807) is 38.1 Å². The van der Waals surface area contributed by atoms with E-state index in [2.05, 4.69) is 4.99 Å². The first-order valence-electron chi connectivity index (χ1n) is 13.1. The fourth-order valence-electron chi connectivity index (χ4n) is 4.53. The van der Waals surface area contributed by atoms with Crippen LogP contribution in [-0.4, -0.2) is 91.2 Å². The number of nitrogens with two attached hydrogens (primary N) is 1. The molecule has 0 spiro atoms. The van der Waals surface area contributed by atoms with E-state index in [1.165, 1.54) is 9.80 Å². The number of rotatable bonds is 9. The molecule has 2 aliphatic rings. The summed E-state index contributed by atoms with van der Waals surface area (Å²) < 4.78 is 15.7. The van der Waals surface area contributed by atoms with Gasteiger partial charge in [0.05, 0.1) is 19.7 Å². The summed E-state index contributed by atoms with van der Waals surface area (Å²) in [7, 11) is 0. The Bertz CT molecular complexity index is 1250. The number of piperazine rings is 1. The molecular weight excluding hydrogens is 518 g/mol. The topological polar surface area (TPSA) is 144 Å². The summed E-state index contributed by atoms with van der Waals surface area (Å²) in [4.78, 5) is 58.0.